The van der Waals surface area contributed by atoms with Crippen LogP contribution < -0.4 is 4.74 Å². The molecule has 1 N–H and O–H groups in total. The van der Waals surface area contributed by atoms with Crippen LogP contribution >= 0.6 is 15.9 Å². The van der Waals surface area contributed by atoms with Gasteiger partial charge in [-0.2, -0.15) is 5.26 Å². The molecule has 0 aliphatic rings. The van der Waals surface area contributed by atoms with Gasteiger partial charge in [0.25, 0.3) is 0 Å². The molecule has 1 aromatic carbocycles. The first kappa shape index (κ1) is 14.5. The molecule has 0 fully saturated rings. The van der Waals surface area contributed by atoms with E-state index in [2.05, 4.69) is 15.9 Å². The number of hydrogen-bond donors (Lipinski definition) is 1. The number of allylic oxidation sites excluding steroid dienone is 1. The van der Waals surface area contributed by atoms with Crippen molar-refractivity contribution in [2.75, 3.05) is 13.4 Å². The van der Waals surface area contributed by atoms with E-state index in [1.165, 1.54) is 25.3 Å². The van der Waals surface area contributed by atoms with Crippen molar-refractivity contribution in [3.63, 3.8) is 0 Å². The molecule has 1 aromatic rings. The molecule has 0 saturated heterocycles. The summed E-state index contributed by atoms with van der Waals surface area (Å²) < 4.78 is 28.0. The highest BCUT2D eigenvalue weighted by atomic mass is 79.9. The first-order valence-corrected chi connectivity index (χ1v) is 7.36. The molecule has 7 heteroatoms. The highest BCUT2D eigenvalue weighted by molar-refractivity contribution is 9.10. The Hall–Kier alpha value is -1.52. The van der Waals surface area contributed by atoms with Gasteiger partial charge >= 0.3 is 0 Å². The molecule has 5 nitrogen and oxygen atoms in total. The predicted molar refractivity (Wildman–Crippen MR) is 70.8 cm³/mol. The fourth-order valence-electron chi connectivity index (χ4n) is 1.20. The fourth-order valence-corrected chi connectivity index (χ4v) is 2.14. The third kappa shape index (κ3) is 3.24. The minimum atomic E-state index is -3.59. The van der Waals surface area contributed by atoms with Gasteiger partial charge in [0, 0.05) is 10.7 Å². The van der Waals surface area contributed by atoms with Gasteiger partial charge in [0.2, 0.25) is 0 Å². The van der Waals surface area contributed by atoms with Crippen molar-refractivity contribution in [1.29, 1.82) is 5.26 Å². The molecule has 0 saturated carbocycles. The maximum Gasteiger partial charge on any atom is 0.185 e. The summed E-state index contributed by atoms with van der Waals surface area (Å²) in [6.07, 6.45) is 2.12. The first-order valence-electron chi connectivity index (χ1n) is 4.68. The highest BCUT2D eigenvalue weighted by Crippen LogP contribution is 2.33. The molecule has 0 heterocycles. The van der Waals surface area contributed by atoms with E-state index in [4.69, 9.17) is 10.00 Å². The summed E-state index contributed by atoms with van der Waals surface area (Å²) in [5.41, 5.74) is 0.371. The van der Waals surface area contributed by atoms with E-state index in [0.29, 0.717) is 10.0 Å². The molecule has 18 heavy (non-hydrogen) atoms. The molecular formula is C11H10BrNO4S. The van der Waals surface area contributed by atoms with Crippen molar-refractivity contribution in [3.8, 4) is 17.6 Å². The Morgan fingerprint density at radius 2 is 2.17 bits per heavy atom. The number of sulfone groups is 1. The molecule has 0 unspecified atom stereocenters. The molecular weight excluding hydrogens is 322 g/mol. The Labute approximate surface area is 113 Å². The molecule has 0 radical (unpaired) electrons. The van der Waals surface area contributed by atoms with Crippen LogP contribution in [0.15, 0.2) is 21.5 Å². The second-order valence-electron chi connectivity index (χ2n) is 3.44. The van der Waals surface area contributed by atoms with Crippen molar-refractivity contribution in [2.24, 2.45) is 0 Å². The average Bonchev–Trinajstić information content (AvgIpc) is 2.27. The van der Waals surface area contributed by atoms with Gasteiger partial charge in [-0.25, -0.2) is 8.42 Å². The van der Waals surface area contributed by atoms with Gasteiger partial charge in [-0.1, -0.05) is 15.9 Å². The lowest BCUT2D eigenvalue weighted by Gasteiger charge is -2.06. The molecule has 0 bridgehead atoms. The van der Waals surface area contributed by atoms with Crippen LogP contribution in [-0.4, -0.2) is 26.9 Å². The fraction of sp³-hybridized carbons (Fsp3) is 0.182. The number of hydrogen-bond acceptors (Lipinski definition) is 5. The predicted octanol–water partition coefficient (Wildman–Crippen LogP) is 2.07. The van der Waals surface area contributed by atoms with Crippen molar-refractivity contribution in [3.05, 3.63) is 27.1 Å². The smallest absolute Gasteiger partial charge is 0.185 e. The summed E-state index contributed by atoms with van der Waals surface area (Å²) >= 11 is 3.21. The second kappa shape index (κ2) is 5.42. The zero-order valence-electron chi connectivity index (χ0n) is 9.64. The summed E-state index contributed by atoms with van der Waals surface area (Å²) in [4.78, 5) is -0.382. The molecule has 0 aromatic heterocycles. The van der Waals surface area contributed by atoms with E-state index < -0.39 is 9.84 Å². The third-order valence-corrected chi connectivity index (χ3v) is 3.79. The molecule has 0 spiro atoms. The molecule has 0 aliphatic carbocycles. The van der Waals surface area contributed by atoms with Crippen LogP contribution in [0.5, 0.6) is 11.5 Å². The number of benzene rings is 1. The van der Waals surface area contributed by atoms with E-state index in [1.807, 2.05) is 0 Å². The molecule has 0 amide bonds. The van der Waals surface area contributed by atoms with Gasteiger partial charge in [0.15, 0.2) is 21.3 Å². The van der Waals surface area contributed by atoms with Gasteiger partial charge < -0.3 is 9.84 Å². The quantitative estimate of drug-likeness (QED) is 0.856. The monoisotopic (exact) mass is 331 g/mol. The van der Waals surface area contributed by atoms with Crippen LogP contribution in [-0.2, 0) is 9.84 Å². The summed E-state index contributed by atoms with van der Waals surface area (Å²) in [7, 11) is -2.20. The lowest BCUT2D eigenvalue weighted by Crippen LogP contribution is -1.98. The Bertz CT molecular complexity index is 644. The summed E-state index contributed by atoms with van der Waals surface area (Å²) in [5.74, 6) is 0.106. The van der Waals surface area contributed by atoms with Gasteiger partial charge in [-0.3, -0.25) is 0 Å². The average molecular weight is 332 g/mol. The topological polar surface area (TPSA) is 87.4 Å². The highest BCUT2D eigenvalue weighted by Gasteiger charge is 2.13. The van der Waals surface area contributed by atoms with Crippen LogP contribution in [0, 0.1) is 11.3 Å². The van der Waals surface area contributed by atoms with Crippen molar-refractivity contribution < 1.29 is 18.3 Å². The maximum absolute atomic E-state index is 11.3. The normalized spacial score (nSPS) is 12.0. The van der Waals surface area contributed by atoms with Crippen molar-refractivity contribution in [1.82, 2.24) is 0 Å². The minimum absolute atomic E-state index is 0.141. The van der Waals surface area contributed by atoms with Gasteiger partial charge in [-0.05, 0) is 23.8 Å². The van der Waals surface area contributed by atoms with E-state index in [1.54, 1.807) is 6.07 Å². The standard InChI is InChI=1S/C11H10BrNO4S/c1-17-11-5-9(12)7(4-10(11)14)3-8(6-13)18(2,15)16/h3-5,14H,1-2H3/b8-3-. The maximum atomic E-state index is 11.3. The van der Waals surface area contributed by atoms with Gasteiger partial charge in [-0.15, -0.1) is 0 Å². The summed E-state index contributed by atoms with van der Waals surface area (Å²) in [5, 5.41) is 18.4. The number of ether oxygens (including phenoxy) is 1. The van der Waals surface area contributed by atoms with Crippen molar-refractivity contribution in [2.45, 2.75) is 0 Å². The second-order valence-corrected chi connectivity index (χ2v) is 6.28. The largest absolute Gasteiger partial charge is 0.504 e. The Balaban J connectivity index is 3.41. The van der Waals surface area contributed by atoms with Crippen LogP contribution in [0.2, 0.25) is 0 Å². The lowest BCUT2D eigenvalue weighted by molar-refractivity contribution is 0.373. The van der Waals surface area contributed by atoms with Gasteiger partial charge in [0.05, 0.1) is 7.11 Å². The third-order valence-electron chi connectivity index (χ3n) is 2.09. The number of rotatable bonds is 3. The number of phenolic OH excluding ortho intramolecular Hbond substituents is 1. The van der Waals surface area contributed by atoms with E-state index >= 15 is 0 Å². The number of methoxy groups -OCH3 is 1. The first-order chi connectivity index (χ1) is 8.29. The number of nitrogens with zero attached hydrogens (tertiary/aromatic N) is 1. The number of aromatic hydroxyl groups is 1. The van der Waals surface area contributed by atoms with Gasteiger partial charge in [0.1, 0.15) is 11.0 Å². The van der Waals surface area contributed by atoms with Crippen molar-refractivity contribution >= 4 is 31.8 Å². The molecule has 0 aliphatic heterocycles. The Morgan fingerprint density at radius 3 is 2.61 bits per heavy atom. The Kier molecular flexibility index (Phi) is 4.38. The number of phenols is 1. The zero-order chi connectivity index (χ0) is 13.9. The number of halogens is 1. The van der Waals surface area contributed by atoms with E-state index in [-0.39, 0.29) is 16.4 Å². The van der Waals surface area contributed by atoms with Crippen LogP contribution in [0.1, 0.15) is 5.56 Å². The molecule has 1 rings (SSSR count). The molecule has 96 valence electrons. The molecule has 0 atom stereocenters. The Morgan fingerprint density at radius 1 is 1.56 bits per heavy atom. The van der Waals surface area contributed by atoms with E-state index in [0.717, 1.165) is 6.26 Å². The summed E-state index contributed by atoms with van der Waals surface area (Å²) in [6.45, 7) is 0. The number of nitriles is 1. The SMILES string of the molecule is COc1cc(Br)c(/C=C(/C#N)S(C)(=O)=O)cc1O. The van der Waals surface area contributed by atoms with Crippen LogP contribution in [0.3, 0.4) is 0 Å². The minimum Gasteiger partial charge on any atom is -0.504 e. The van der Waals surface area contributed by atoms with Crippen LogP contribution in [0.4, 0.5) is 0 Å². The summed E-state index contributed by atoms with van der Waals surface area (Å²) in [6, 6.07) is 4.40. The lowest BCUT2D eigenvalue weighted by atomic mass is 10.2. The van der Waals surface area contributed by atoms with E-state index in [9.17, 15) is 13.5 Å². The van der Waals surface area contributed by atoms with Crippen LogP contribution in [0.25, 0.3) is 6.08 Å². The zero-order valence-corrected chi connectivity index (χ0v) is 12.0.